The maximum atomic E-state index is 13.3. The van der Waals surface area contributed by atoms with E-state index >= 15 is 0 Å². The van der Waals surface area contributed by atoms with Crippen LogP contribution in [0, 0.1) is 18.4 Å². The summed E-state index contributed by atoms with van der Waals surface area (Å²) >= 11 is 0. The Hall–Kier alpha value is -4.32. The minimum absolute atomic E-state index is 0.00113. The molecule has 0 aliphatic carbocycles. The van der Waals surface area contributed by atoms with Gasteiger partial charge in [-0.2, -0.15) is 5.26 Å². The Morgan fingerprint density at radius 2 is 2.03 bits per heavy atom. The molecule has 1 atom stereocenters. The molecule has 0 saturated carbocycles. The first kappa shape index (κ1) is 25.8. The van der Waals surface area contributed by atoms with Crippen molar-refractivity contribution < 1.29 is 14.0 Å². The van der Waals surface area contributed by atoms with Crippen LogP contribution in [0.3, 0.4) is 0 Å². The fourth-order valence-corrected chi connectivity index (χ4v) is 4.45. The number of benzene rings is 2. The third kappa shape index (κ3) is 7.34. The molecule has 2 amide bonds. The van der Waals surface area contributed by atoms with Crippen LogP contribution in [0.1, 0.15) is 37.0 Å². The lowest BCUT2D eigenvalue weighted by Gasteiger charge is -2.22. The van der Waals surface area contributed by atoms with Crippen LogP contribution in [0.4, 0.5) is 5.69 Å². The third-order valence-corrected chi connectivity index (χ3v) is 6.26. The number of nitriles is 1. The number of guanidine groups is 1. The average molecular weight is 501 g/mol. The van der Waals surface area contributed by atoms with Gasteiger partial charge in [0.1, 0.15) is 17.4 Å². The van der Waals surface area contributed by atoms with E-state index in [0.717, 1.165) is 42.4 Å². The second-order valence-electron chi connectivity index (χ2n) is 9.16. The number of carbonyl (C=O) groups is 2. The second-order valence-corrected chi connectivity index (χ2v) is 9.16. The predicted molar refractivity (Wildman–Crippen MR) is 143 cm³/mol. The molecule has 2 heterocycles. The van der Waals surface area contributed by atoms with Gasteiger partial charge in [0.15, 0.2) is 6.19 Å². The highest BCUT2D eigenvalue weighted by molar-refractivity contribution is 5.98. The number of anilines is 1. The highest BCUT2D eigenvalue weighted by Gasteiger charge is 2.28. The van der Waals surface area contributed by atoms with Crippen LogP contribution in [0.15, 0.2) is 64.0 Å². The molecule has 192 valence electrons. The topological polar surface area (TPSA) is 123 Å². The minimum atomic E-state index is -0.684. The largest absolute Gasteiger partial charge is 0.461 e. The van der Waals surface area contributed by atoms with Gasteiger partial charge in [-0.25, -0.2) is 4.99 Å². The Balaban J connectivity index is 1.35. The highest BCUT2D eigenvalue weighted by Crippen LogP contribution is 2.23. The Morgan fingerprint density at radius 3 is 2.84 bits per heavy atom. The molecular weight excluding hydrogens is 468 g/mol. The van der Waals surface area contributed by atoms with Crippen molar-refractivity contribution >= 4 is 34.4 Å². The number of nitrogens with zero attached hydrogens (tertiary/aromatic N) is 3. The van der Waals surface area contributed by atoms with Crippen LogP contribution in [0.25, 0.3) is 11.0 Å². The molecule has 0 bridgehead atoms. The average Bonchev–Trinajstić information content (AvgIpc) is 3.18. The van der Waals surface area contributed by atoms with E-state index in [9.17, 15) is 14.9 Å². The number of likely N-dealkylation sites (tertiary alicyclic amines) is 1. The van der Waals surface area contributed by atoms with Gasteiger partial charge in [0, 0.05) is 24.2 Å². The van der Waals surface area contributed by atoms with Crippen LogP contribution in [-0.4, -0.2) is 48.3 Å². The minimum Gasteiger partial charge on any atom is -0.461 e. The second kappa shape index (κ2) is 12.6. The number of carbonyl (C=O) groups excluding carboxylic acids is 2. The van der Waals surface area contributed by atoms with Crippen LogP contribution < -0.4 is 16.0 Å². The highest BCUT2D eigenvalue weighted by atomic mass is 16.3. The van der Waals surface area contributed by atoms with E-state index < -0.39 is 6.04 Å². The van der Waals surface area contributed by atoms with Gasteiger partial charge in [-0.15, -0.1) is 0 Å². The van der Waals surface area contributed by atoms with E-state index in [1.54, 1.807) is 4.90 Å². The van der Waals surface area contributed by atoms with E-state index in [1.807, 2.05) is 55.6 Å². The molecule has 9 heteroatoms. The van der Waals surface area contributed by atoms with Crippen LogP contribution in [0.2, 0.25) is 0 Å². The van der Waals surface area contributed by atoms with Gasteiger partial charge >= 0.3 is 0 Å². The first-order chi connectivity index (χ1) is 18.0. The van der Waals surface area contributed by atoms with E-state index in [1.165, 1.54) is 5.56 Å². The molecule has 1 aromatic heterocycles. The smallest absolute Gasteiger partial charge is 0.247 e. The number of fused-ring (bicyclic) bond motifs is 1. The van der Waals surface area contributed by atoms with Gasteiger partial charge in [-0.05, 0) is 68.9 Å². The summed E-state index contributed by atoms with van der Waals surface area (Å²) < 4.78 is 5.61. The van der Waals surface area contributed by atoms with Crippen molar-refractivity contribution in [2.24, 2.45) is 4.99 Å². The molecule has 4 rings (SSSR count). The van der Waals surface area contributed by atoms with Crippen molar-refractivity contribution in [1.29, 1.82) is 5.26 Å². The number of aliphatic imine (C=N–C) groups is 1. The fraction of sp³-hybridized carbons (Fsp3) is 0.357. The molecule has 3 N–H and O–H groups in total. The summed E-state index contributed by atoms with van der Waals surface area (Å²) in [7, 11) is 0. The maximum Gasteiger partial charge on any atom is 0.247 e. The van der Waals surface area contributed by atoms with Gasteiger partial charge in [0.25, 0.3) is 0 Å². The SMILES string of the molecule is Cc1cc2cc(NC(=NC3CCCCN(CC(=O)NCCCc4ccccc4)C3=O)NC#N)ccc2o1. The van der Waals surface area contributed by atoms with E-state index in [0.29, 0.717) is 25.2 Å². The number of nitrogens with one attached hydrogen (secondary N) is 3. The third-order valence-electron chi connectivity index (χ3n) is 6.26. The fourth-order valence-electron chi connectivity index (χ4n) is 4.45. The van der Waals surface area contributed by atoms with Crippen LogP contribution in [-0.2, 0) is 16.0 Å². The molecular formula is C28H32N6O3. The summed E-state index contributed by atoms with van der Waals surface area (Å²) in [5.41, 5.74) is 2.71. The number of hydrogen-bond donors (Lipinski definition) is 3. The van der Waals surface area contributed by atoms with Crippen molar-refractivity contribution in [3.63, 3.8) is 0 Å². The van der Waals surface area contributed by atoms with E-state index in [-0.39, 0.29) is 24.3 Å². The number of amides is 2. The molecule has 1 aliphatic rings. The Kier molecular flexibility index (Phi) is 8.76. The van der Waals surface area contributed by atoms with E-state index in [2.05, 4.69) is 33.1 Å². The lowest BCUT2D eigenvalue weighted by Crippen LogP contribution is -2.44. The zero-order valence-corrected chi connectivity index (χ0v) is 21.0. The molecule has 1 aliphatic heterocycles. The van der Waals surface area contributed by atoms with Crippen molar-refractivity contribution in [2.45, 2.75) is 45.1 Å². The van der Waals surface area contributed by atoms with Gasteiger partial charge in [-0.3, -0.25) is 14.9 Å². The normalized spacial score (nSPS) is 16.2. The molecule has 2 aromatic carbocycles. The lowest BCUT2D eigenvalue weighted by molar-refractivity contribution is -0.136. The molecule has 1 fully saturated rings. The maximum absolute atomic E-state index is 13.3. The van der Waals surface area contributed by atoms with Gasteiger partial charge in [-0.1, -0.05) is 30.3 Å². The number of hydrogen-bond acceptors (Lipinski definition) is 5. The summed E-state index contributed by atoms with van der Waals surface area (Å²) in [5, 5.41) is 18.7. The number of furan rings is 1. The zero-order valence-electron chi connectivity index (χ0n) is 21.0. The van der Waals surface area contributed by atoms with Crippen molar-refractivity contribution in [2.75, 3.05) is 25.0 Å². The number of aryl methyl sites for hydroxylation is 2. The van der Waals surface area contributed by atoms with Gasteiger partial charge in [0.05, 0.1) is 6.54 Å². The molecule has 0 radical (unpaired) electrons. The Bertz CT molecular complexity index is 1290. The molecule has 1 unspecified atom stereocenters. The van der Waals surface area contributed by atoms with E-state index in [4.69, 9.17) is 4.42 Å². The molecule has 9 nitrogen and oxygen atoms in total. The molecule has 1 saturated heterocycles. The van der Waals surface area contributed by atoms with Crippen molar-refractivity contribution in [1.82, 2.24) is 15.5 Å². The zero-order chi connectivity index (χ0) is 26.0. The predicted octanol–water partition coefficient (Wildman–Crippen LogP) is 3.71. The van der Waals surface area contributed by atoms with Crippen LogP contribution in [0.5, 0.6) is 0 Å². The molecule has 3 aromatic rings. The Labute approximate surface area is 216 Å². The van der Waals surface area contributed by atoms with Gasteiger partial charge in [0.2, 0.25) is 17.8 Å². The Morgan fingerprint density at radius 1 is 1.19 bits per heavy atom. The van der Waals surface area contributed by atoms with Crippen LogP contribution >= 0.6 is 0 Å². The quantitative estimate of drug-likeness (QED) is 0.142. The standard InChI is InChI=1S/C28H32N6O3/c1-20-16-22-17-23(12-13-25(22)37-20)32-28(31-19-29)33-24-11-5-6-15-34(27(24)36)18-26(35)30-14-7-10-21-8-3-2-4-9-21/h2-4,8-9,12-13,16-17,24H,5-7,10-11,14-15,18H2,1H3,(H,30,35)(H2,31,32,33). The molecule has 37 heavy (non-hydrogen) atoms. The number of rotatable bonds is 8. The molecule has 0 spiro atoms. The van der Waals surface area contributed by atoms with Crippen molar-refractivity contribution in [3.8, 4) is 6.19 Å². The monoisotopic (exact) mass is 500 g/mol. The summed E-state index contributed by atoms with van der Waals surface area (Å²) in [6.07, 6.45) is 5.74. The lowest BCUT2D eigenvalue weighted by atomic mass is 10.1. The summed E-state index contributed by atoms with van der Waals surface area (Å²) in [6.45, 7) is 2.94. The first-order valence-electron chi connectivity index (χ1n) is 12.6. The first-order valence-corrected chi connectivity index (χ1v) is 12.6. The summed E-state index contributed by atoms with van der Waals surface area (Å²) in [5.74, 6) is 0.605. The summed E-state index contributed by atoms with van der Waals surface area (Å²) in [4.78, 5) is 31.9. The van der Waals surface area contributed by atoms with Gasteiger partial charge < -0.3 is 20.0 Å². The van der Waals surface area contributed by atoms with Crippen molar-refractivity contribution in [3.05, 3.63) is 65.9 Å². The summed E-state index contributed by atoms with van der Waals surface area (Å²) in [6, 6.07) is 16.9.